The van der Waals surface area contributed by atoms with Crippen LogP contribution in [0.2, 0.25) is 0 Å². The quantitative estimate of drug-likeness (QED) is 0.520. The summed E-state index contributed by atoms with van der Waals surface area (Å²) in [4.78, 5) is 25.9. The van der Waals surface area contributed by atoms with E-state index in [1.165, 1.54) is 22.3 Å². The molecule has 2 amide bonds. The van der Waals surface area contributed by atoms with Crippen molar-refractivity contribution in [1.29, 1.82) is 0 Å². The molecule has 1 aromatic rings. The zero-order chi connectivity index (χ0) is 17.6. The molecular weight excluding hydrogens is 316 g/mol. The van der Waals surface area contributed by atoms with Crippen LogP contribution in [0, 0.1) is 18.3 Å². The normalized spacial score (nSPS) is 28.5. The fourth-order valence-corrected chi connectivity index (χ4v) is 3.83. The molecule has 1 aromatic carbocycles. The lowest BCUT2D eigenvalue weighted by atomic mass is 9.97. The number of ether oxygens (including phenoxy) is 1. The topological polar surface area (TPSA) is 58.6 Å². The van der Waals surface area contributed by atoms with Gasteiger partial charge in [-0.1, -0.05) is 30.2 Å². The summed E-state index contributed by atoms with van der Waals surface area (Å²) in [5, 5.41) is 3.04. The maximum Gasteiger partial charge on any atom is 0.253 e. The van der Waals surface area contributed by atoms with Crippen LogP contribution in [0.1, 0.15) is 24.1 Å². The fraction of sp³-hybridized carbons (Fsp3) is 0.300. The van der Waals surface area contributed by atoms with Crippen LogP contribution in [0.4, 0.5) is 0 Å². The van der Waals surface area contributed by atoms with E-state index in [1.54, 1.807) is 13.0 Å². The highest BCUT2D eigenvalue weighted by molar-refractivity contribution is 5.97. The van der Waals surface area contributed by atoms with Crippen LogP contribution < -0.4 is 5.32 Å². The third-order valence-electron chi connectivity index (χ3n) is 5.07. The van der Waals surface area contributed by atoms with E-state index >= 15 is 0 Å². The summed E-state index contributed by atoms with van der Waals surface area (Å²) < 4.78 is 5.78. The van der Waals surface area contributed by atoms with E-state index in [-0.39, 0.29) is 30.3 Å². The number of hydrogen-bond acceptors (Lipinski definition) is 3. The number of carbonyl (C=O) groups excluding carboxylic acids is 2. The average Bonchev–Trinajstić information content (AvgIpc) is 3.19. The molecule has 0 bridgehead atoms. The van der Waals surface area contributed by atoms with E-state index in [9.17, 15) is 9.59 Å². The molecular formula is C20H18N2O3. The molecule has 2 heterocycles. The number of terminal acetylenes is 1. The van der Waals surface area contributed by atoms with Gasteiger partial charge >= 0.3 is 0 Å². The number of benzene rings is 1. The van der Waals surface area contributed by atoms with Gasteiger partial charge in [0.2, 0.25) is 0 Å². The summed E-state index contributed by atoms with van der Waals surface area (Å²) in [6.07, 6.45) is 8.81. The lowest BCUT2D eigenvalue weighted by Gasteiger charge is -2.22. The number of rotatable bonds is 3. The molecule has 1 saturated heterocycles. The fourth-order valence-electron chi connectivity index (χ4n) is 3.83. The highest BCUT2D eigenvalue weighted by Crippen LogP contribution is 2.44. The summed E-state index contributed by atoms with van der Waals surface area (Å²) in [5.74, 6) is 2.28. The molecule has 0 spiro atoms. The van der Waals surface area contributed by atoms with Gasteiger partial charge in [-0.05, 0) is 30.5 Å². The Hall–Kier alpha value is -3.00. The Morgan fingerprint density at radius 3 is 3.00 bits per heavy atom. The van der Waals surface area contributed by atoms with Crippen molar-refractivity contribution in [1.82, 2.24) is 10.2 Å². The Balaban J connectivity index is 1.56. The summed E-state index contributed by atoms with van der Waals surface area (Å²) in [6.45, 7) is 1.90. The third-order valence-corrected chi connectivity index (χ3v) is 5.07. The average molecular weight is 334 g/mol. The van der Waals surface area contributed by atoms with Crippen LogP contribution in [0.25, 0.3) is 0 Å². The van der Waals surface area contributed by atoms with Crippen molar-refractivity contribution in [3.63, 3.8) is 0 Å². The van der Waals surface area contributed by atoms with Crippen molar-refractivity contribution < 1.29 is 14.3 Å². The largest absolute Gasteiger partial charge is 0.474 e. The molecule has 3 unspecified atom stereocenters. The molecule has 0 aromatic heterocycles. The first-order chi connectivity index (χ1) is 12.1. The van der Waals surface area contributed by atoms with Crippen LogP contribution in [0.5, 0.6) is 0 Å². The minimum absolute atomic E-state index is 0.00264. The first-order valence-electron chi connectivity index (χ1n) is 8.27. The Morgan fingerprint density at radius 1 is 1.40 bits per heavy atom. The molecule has 126 valence electrons. The Kier molecular flexibility index (Phi) is 3.61. The molecule has 0 saturated carbocycles. The third kappa shape index (κ3) is 2.42. The molecule has 5 nitrogen and oxygen atoms in total. The lowest BCUT2D eigenvalue weighted by Crippen LogP contribution is -2.35. The molecule has 25 heavy (non-hydrogen) atoms. The Bertz CT molecular complexity index is 862. The van der Waals surface area contributed by atoms with Crippen LogP contribution in [-0.4, -0.2) is 29.5 Å². The van der Waals surface area contributed by atoms with Crippen LogP contribution in [0.15, 0.2) is 47.7 Å². The number of nitrogens with one attached hydrogen (secondary N) is 1. The van der Waals surface area contributed by atoms with Gasteiger partial charge in [0, 0.05) is 11.5 Å². The standard InChI is InChI=1S/C20H18N2O3/c1-3-8-22-17(9-12(2)20(22)24)25-11-16-15-10-13-6-4-5-7-14(13)18(15)21-19(16)23/h1,4-7,9,11,15,17-18H,8,10H2,2H3,(H,21,23). The molecule has 4 rings (SSSR count). The van der Waals surface area contributed by atoms with Crippen LogP contribution in [0.3, 0.4) is 0 Å². The number of hydrogen-bond donors (Lipinski definition) is 1. The molecule has 0 radical (unpaired) electrons. The van der Waals surface area contributed by atoms with Crippen molar-refractivity contribution in [2.45, 2.75) is 25.6 Å². The van der Waals surface area contributed by atoms with E-state index in [0.717, 1.165) is 6.42 Å². The molecule has 5 heteroatoms. The predicted octanol–water partition coefficient (Wildman–Crippen LogP) is 1.68. The second kappa shape index (κ2) is 5.82. The minimum atomic E-state index is -0.563. The minimum Gasteiger partial charge on any atom is -0.474 e. The van der Waals surface area contributed by atoms with E-state index in [1.807, 2.05) is 12.1 Å². The van der Waals surface area contributed by atoms with Crippen molar-refractivity contribution in [2.24, 2.45) is 5.92 Å². The maximum absolute atomic E-state index is 12.4. The summed E-state index contributed by atoms with van der Waals surface area (Å²) in [5.41, 5.74) is 3.64. The van der Waals surface area contributed by atoms with Crippen molar-refractivity contribution in [3.05, 3.63) is 58.9 Å². The van der Waals surface area contributed by atoms with E-state index < -0.39 is 6.23 Å². The second-order valence-electron chi connectivity index (χ2n) is 6.55. The van der Waals surface area contributed by atoms with E-state index in [4.69, 9.17) is 11.2 Å². The van der Waals surface area contributed by atoms with Gasteiger partial charge in [-0.2, -0.15) is 0 Å². The Morgan fingerprint density at radius 2 is 2.20 bits per heavy atom. The summed E-state index contributed by atoms with van der Waals surface area (Å²) in [6, 6.07) is 8.15. The summed E-state index contributed by atoms with van der Waals surface area (Å²) in [7, 11) is 0. The predicted molar refractivity (Wildman–Crippen MR) is 91.8 cm³/mol. The van der Waals surface area contributed by atoms with Gasteiger partial charge in [-0.3, -0.25) is 14.5 Å². The van der Waals surface area contributed by atoms with Gasteiger partial charge in [0.25, 0.3) is 11.8 Å². The first-order valence-corrected chi connectivity index (χ1v) is 8.27. The monoisotopic (exact) mass is 334 g/mol. The van der Waals surface area contributed by atoms with E-state index in [0.29, 0.717) is 11.1 Å². The molecule has 1 N–H and O–H groups in total. The van der Waals surface area contributed by atoms with Gasteiger partial charge in [-0.15, -0.1) is 6.42 Å². The van der Waals surface area contributed by atoms with Crippen molar-refractivity contribution in [3.8, 4) is 12.3 Å². The molecule has 3 aliphatic rings. The zero-order valence-corrected chi connectivity index (χ0v) is 13.9. The molecule has 1 aliphatic carbocycles. The van der Waals surface area contributed by atoms with Gasteiger partial charge in [-0.25, -0.2) is 0 Å². The second-order valence-corrected chi connectivity index (χ2v) is 6.55. The van der Waals surface area contributed by atoms with Crippen LogP contribution in [-0.2, 0) is 20.7 Å². The van der Waals surface area contributed by atoms with Crippen molar-refractivity contribution in [2.75, 3.05) is 6.54 Å². The number of amides is 2. The smallest absolute Gasteiger partial charge is 0.253 e. The van der Waals surface area contributed by atoms with Gasteiger partial charge in [0.1, 0.15) is 0 Å². The van der Waals surface area contributed by atoms with Gasteiger partial charge < -0.3 is 10.1 Å². The lowest BCUT2D eigenvalue weighted by molar-refractivity contribution is -0.131. The number of fused-ring (bicyclic) bond motifs is 3. The number of carbonyl (C=O) groups is 2. The summed E-state index contributed by atoms with van der Waals surface area (Å²) >= 11 is 0. The van der Waals surface area contributed by atoms with Gasteiger partial charge in [0.05, 0.1) is 24.4 Å². The Labute approximate surface area is 146 Å². The molecule has 1 fully saturated rings. The first kappa shape index (κ1) is 15.5. The molecule has 3 atom stereocenters. The maximum atomic E-state index is 12.4. The van der Waals surface area contributed by atoms with Crippen LogP contribution >= 0.6 is 0 Å². The van der Waals surface area contributed by atoms with E-state index in [2.05, 4.69) is 23.4 Å². The van der Waals surface area contributed by atoms with Gasteiger partial charge in [0.15, 0.2) is 6.23 Å². The molecule has 2 aliphatic heterocycles. The highest BCUT2D eigenvalue weighted by atomic mass is 16.5. The number of nitrogens with zero attached hydrogens (tertiary/aromatic N) is 1. The highest BCUT2D eigenvalue weighted by Gasteiger charge is 2.44. The van der Waals surface area contributed by atoms with Crippen molar-refractivity contribution >= 4 is 11.8 Å². The zero-order valence-electron chi connectivity index (χ0n) is 13.9. The SMILES string of the molecule is C#CCN1C(=O)C(C)=CC1OC=C1C(=O)NC2c3ccccc3CC12.